The second kappa shape index (κ2) is 9.03. The molecule has 0 aromatic heterocycles. The van der Waals surface area contributed by atoms with Gasteiger partial charge in [0.05, 0.1) is 19.6 Å². The van der Waals surface area contributed by atoms with Crippen molar-refractivity contribution < 1.29 is 24.2 Å². The number of carbonyl (C=O) groups excluding carboxylic acids is 2. The quantitative estimate of drug-likeness (QED) is 0.777. The highest BCUT2D eigenvalue weighted by Crippen LogP contribution is 2.17. The summed E-state index contributed by atoms with van der Waals surface area (Å²) in [6.07, 6.45) is 4.30. The first-order valence-electron chi connectivity index (χ1n) is 8.48. The van der Waals surface area contributed by atoms with E-state index in [2.05, 4.69) is 0 Å². The maximum atomic E-state index is 12.3. The van der Waals surface area contributed by atoms with Gasteiger partial charge >= 0.3 is 5.97 Å². The molecule has 0 bridgehead atoms. The Balaban J connectivity index is 1.90. The number of carbonyl (C=O) groups is 3. The molecule has 1 aromatic carbocycles. The molecule has 1 heterocycles. The molecule has 1 atom stereocenters. The molecule has 1 fully saturated rings. The summed E-state index contributed by atoms with van der Waals surface area (Å²) in [6, 6.07) is 7.28. The maximum Gasteiger partial charge on any atom is 0.308 e. The lowest BCUT2D eigenvalue weighted by molar-refractivity contribution is -0.146. The molecule has 140 valence electrons. The van der Waals surface area contributed by atoms with Crippen LogP contribution in [0.1, 0.15) is 18.4 Å². The molecular formula is C19H24N2O5. The highest BCUT2D eigenvalue weighted by Gasteiger charge is 2.28. The van der Waals surface area contributed by atoms with Gasteiger partial charge in [0.2, 0.25) is 11.8 Å². The van der Waals surface area contributed by atoms with Crippen LogP contribution in [0.25, 0.3) is 6.08 Å². The Morgan fingerprint density at radius 2 is 2.15 bits per heavy atom. The Morgan fingerprint density at radius 1 is 1.38 bits per heavy atom. The van der Waals surface area contributed by atoms with Crippen LogP contribution in [0.5, 0.6) is 5.75 Å². The van der Waals surface area contributed by atoms with Gasteiger partial charge in [0, 0.05) is 26.2 Å². The molecule has 2 rings (SSSR count). The maximum absolute atomic E-state index is 12.3. The molecule has 2 amide bonds. The molecule has 7 heteroatoms. The Labute approximate surface area is 152 Å². The number of rotatable bonds is 6. The molecule has 7 nitrogen and oxygen atoms in total. The predicted octanol–water partition coefficient (Wildman–Crippen LogP) is 1.49. The first-order chi connectivity index (χ1) is 12.4. The molecule has 1 aliphatic rings. The molecule has 0 saturated carbocycles. The first-order valence-corrected chi connectivity index (χ1v) is 8.48. The van der Waals surface area contributed by atoms with Gasteiger partial charge in [-0.2, -0.15) is 0 Å². The highest BCUT2D eigenvalue weighted by atomic mass is 16.5. The van der Waals surface area contributed by atoms with E-state index in [0.717, 1.165) is 5.56 Å². The average molecular weight is 360 g/mol. The number of carboxylic acid groups (broad SMARTS) is 1. The second-order valence-corrected chi connectivity index (χ2v) is 6.32. The van der Waals surface area contributed by atoms with Crippen LogP contribution in [0, 0.1) is 5.92 Å². The summed E-state index contributed by atoms with van der Waals surface area (Å²) in [5.41, 5.74) is 0.817. The van der Waals surface area contributed by atoms with Gasteiger partial charge < -0.3 is 19.6 Å². The van der Waals surface area contributed by atoms with Gasteiger partial charge in [-0.15, -0.1) is 0 Å². The van der Waals surface area contributed by atoms with Crippen molar-refractivity contribution in [2.24, 2.45) is 5.92 Å². The van der Waals surface area contributed by atoms with E-state index in [0.29, 0.717) is 25.1 Å². The van der Waals surface area contributed by atoms with E-state index in [4.69, 9.17) is 9.84 Å². The smallest absolute Gasteiger partial charge is 0.308 e. The summed E-state index contributed by atoms with van der Waals surface area (Å²) in [5, 5.41) is 9.10. The molecule has 1 N–H and O–H groups in total. The van der Waals surface area contributed by atoms with Gasteiger partial charge in [-0.25, -0.2) is 0 Å². The fraction of sp³-hybridized carbons (Fsp3) is 0.421. The van der Waals surface area contributed by atoms with Crippen molar-refractivity contribution in [2.45, 2.75) is 12.8 Å². The number of methoxy groups -OCH3 is 1. The van der Waals surface area contributed by atoms with Gasteiger partial charge in [-0.1, -0.05) is 12.1 Å². The van der Waals surface area contributed by atoms with Crippen molar-refractivity contribution in [3.63, 3.8) is 0 Å². The third kappa shape index (κ3) is 5.34. The number of carboxylic acids is 1. The van der Waals surface area contributed by atoms with Crippen LogP contribution in [0.3, 0.4) is 0 Å². The van der Waals surface area contributed by atoms with Crippen LogP contribution in [-0.2, 0) is 14.4 Å². The van der Waals surface area contributed by atoms with Crippen molar-refractivity contribution in [3.05, 3.63) is 35.9 Å². The number of amides is 2. The topological polar surface area (TPSA) is 87.2 Å². The standard InChI is InChI=1S/C19H24N2O5/c1-20(13-18(23)21-10-4-6-15(12-21)19(24)25)17(22)9-8-14-5-3-7-16(11-14)26-2/h3,5,7-9,11,15H,4,6,10,12-13H2,1-2H3,(H,24,25)/b9-8+. The normalized spacial score (nSPS) is 17.2. The fourth-order valence-corrected chi connectivity index (χ4v) is 2.83. The second-order valence-electron chi connectivity index (χ2n) is 6.32. The monoisotopic (exact) mass is 360 g/mol. The summed E-state index contributed by atoms with van der Waals surface area (Å²) in [7, 11) is 3.12. The molecule has 1 saturated heterocycles. The largest absolute Gasteiger partial charge is 0.497 e. The fourth-order valence-electron chi connectivity index (χ4n) is 2.83. The SMILES string of the molecule is COc1cccc(/C=C/C(=O)N(C)CC(=O)N2CCCC(C(=O)O)C2)c1. The van der Waals surface area contributed by atoms with Gasteiger partial charge in [0.15, 0.2) is 0 Å². The number of likely N-dealkylation sites (N-methyl/N-ethyl adjacent to an activating group) is 1. The molecule has 1 aliphatic heterocycles. The molecule has 0 aliphatic carbocycles. The average Bonchev–Trinajstić information content (AvgIpc) is 2.66. The minimum atomic E-state index is -0.881. The van der Waals surface area contributed by atoms with E-state index in [1.807, 2.05) is 18.2 Å². The number of benzene rings is 1. The third-order valence-electron chi connectivity index (χ3n) is 4.38. The highest BCUT2D eigenvalue weighted by molar-refractivity contribution is 5.94. The number of likely N-dealkylation sites (tertiary alicyclic amines) is 1. The van der Waals surface area contributed by atoms with Crippen molar-refractivity contribution in [1.29, 1.82) is 0 Å². The first kappa shape index (κ1) is 19.5. The summed E-state index contributed by atoms with van der Waals surface area (Å²) in [6.45, 7) is 0.660. The zero-order valence-corrected chi connectivity index (χ0v) is 15.1. The Hall–Kier alpha value is -2.83. The minimum Gasteiger partial charge on any atom is -0.497 e. The molecule has 26 heavy (non-hydrogen) atoms. The molecule has 0 radical (unpaired) electrons. The minimum absolute atomic E-state index is 0.0758. The summed E-state index contributed by atoms with van der Waals surface area (Å²) < 4.78 is 5.13. The predicted molar refractivity (Wildman–Crippen MR) is 96.6 cm³/mol. The van der Waals surface area contributed by atoms with Crippen molar-refractivity contribution in [1.82, 2.24) is 9.80 Å². The number of ether oxygens (including phenoxy) is 1. The zero-order valence-electron chi connectivity index (χ0n) is 15.1. The number of piperidine rings is 1. The van der Waals surface area contributed by atoms with Crippen molar-refractivity contribution in [3.8, 4) is 5.75 Å². The van der Waals surface area contributed by atoms with E-state index < -0.39 is 11.9 Å². The van der Waals surface area contributed by atoms with Crippen LogP contribution in [0.15, 0.2) is 30.3 Å². The number of hydrogen-bond acceptors (Lipinski definition) is 4. The van der Waals surface area contributed by atoms with Crippen molar-refractivity contribution in [2.75, 3.05) is 33.8 Å². The van der Waals surface area contributed by atoms with E-state index in [1.165, 1.54) is 15.9 Å². The van der Waals surface area contributed by atoms with Gasteiger partial charge in [0.1, 0.15) is 5.75 Å². The van der Waals surface area contributed by atoms with Crippen LogP contribution >= 0.6 is 0 Å². The zero-order chi connectivity index (χ0) is 19.1. The number of nitrogens with zero attached hydrogens (tertiary/aromatic N) is 2. The molecule has 0 spiro atoms. The van der Waals surface area contributed by atoms with Crippen LogP contribution in [0.2, 0.25) is 0 Å². The lowest BCUT2D eigenvalue weighted by atomic mass is 9.98. The van der Waals surface area contributed by atoms with Crippen LogP contribution < -0.4 is 4.74 Å². The lowest BCUT2D eigenvalue weighted by Crippen LogP contribution is -2.46. The third-order valence-corrected chi connectivity index (χ3v) is 4.38. The summed E-state index contributed by atoms with van der Waals surface area (Å²) in [4.78, 5) is 38.5. The molecule has 1 unspecified atom stereocenters. The molecular weight excluding hydrogens is 336 g/mol. The summed E-state index contributed by atoms with van der Waals surface area (Å²) >= 11 is 0. The summed E-state index contributed by atoms with van der Waals surface area (Å²) in [5.74, 6) is -1.24. The van der Waals surface area contributed by atoms with Crippen molar-refractivity contribution >= 4 is 23.9 Å². The Kier molecular flexibility index (Phi) is 6.77. The van der Waals surface area contributed by atoms with Crippen LogP contribution in [0.4, 0.5) is 0 Å². The van der Waals surface area contributed by atoms with Gasteiger partial charge in [0.25, 0.3) is 0 Å². The Morgan fingerprint density at radius 3 is 2.85 bits per heavy atom. The Bertz CT molecular complexity index is 701. The lowest BCUT2D eigenvalue weighted by Gasteiger charge is -2.31. The molecule has 1 aromatic rings. The van der Waals surface area contributed by atoms with E-state index in [-0.39, 0.29) is 24.9 Å². The number of hydrogen-bond donors (Lipinski definition) is 1. The van der Waals surface area contributed by atoms with E-state index >= 15 is 0 Å². The van der Waals surface area contributed by atoms with Gasteiger partial charge in [-0.3, -0.25) is 14.4 Å². The van der Waals surface area contributed by atoms with Crippen LogP contribution in [-0.4, -0.2) is 66.5 Å². The van der Waals surface area contributed by atoms with E-state index in [9.17, 15) is 14.4 Å². The van der Waals surface area contributed by atoms with Gasteiger partial charge in [-0.05, 0) is 36.6 Å². The van der Waals surface area contributed by atoms with E-state index in [1.54, 1.807) is 26.3 Å². The number of aliphatic carboxylic acids is 1.